The molecule has 6 heteroatoms. The zero-order valence-corrected chi connectivity index (χ0v) is 11.3. The largest absolute Gasteiger partial charge is 0.399 e. The normalized spacial score (nSPS) is 10.8. The van der Waals surface area contributed by atoms with Crippen LogP contribution in [0.5, 0.6) is 0 Å². The Morgan fingerprint density at radius 2 is 2.16 bits per heavy atom. The lowest BCUT2D eigenvalue weighted by molar-refractivity contribution is 0.876. The molecule has 0 spiro atoms. The molecule has 0 bridgehead atoms. The average Bonchev–Trinajstić information content (AvgIpc) is 2.90. The molecule has 19 heavy (non-hydrogen) atoms. The molecule has 3 aromatic rings. The minimum Gasteiger partial charge on any atom is -0.399 e. The Hall–Kier alpha value is -2.21. The van der Waals surface area contributed by atoms with Crippen LogP contribution in [0.2, 0.25) is 0 Å². The van der Waals surface area contributed by atoms with Crippen LogP contribution < -0.4 is 10.6 Å². The number of anilines is 2. The molecule has 3 rings (SSSR count). The molecule has 0 amide bonds. The zero-order chi connectivity index (χ0) is 13.2. The molecule has 2 N–H and O–H groups in total. The quantitative estimate of drug-likeness (QED) is 0.740. The summed E-state index contributed by atoms with van der Waals surface area (Å²) in [6.45, 7) is 0.713. The number of rotatable bonds is 3. The molecule has 0 saturated carbocycles. The fourth-order valence-electron chi connectivity index (χ4n) is 2.00. The number of nitrogens with zero attached hydrogens (tertiary/aromatic N) is 4. The molecular weight excluding hydrogens is 258 g/mol. The van der Waals surface area contributed by atoms with Gasteiger partial charge in [0.05, 0.1) is 23.3 Å². The number of benzene rings is 1. The van der Waals surface area contributed by atoms with Gasteiger partial charge in [-0.15, -0.1) is 11.3 Å². The van der Waals surface area contributed by atoms with Gasteiger partial charge < -0.3 is 10.6 Å². The summed E-state index contributed by atoms with van der Waals surface area (Å²) >= 11 is 1.59. The number of nitrogens with two attached hydrogens (primary N) is 1. The predicted molar refractivity (Wildman–Crippen MR) is 78.2 cm³/mol. The summed E-state index contributed by atoms with van der Waals surface area (Å²) in [4.78, 5) is 15.0. The molecule has 0 aliphatic rings. The van der Waals surface area contributed by atoms with Crippen LogP contribution in [0.4, 0.5) is 11.5 Å². The van der Waals surface area contributed by atoms with E-state index in [1.165, 1.54) is 0 Å². The zero-order valence-electron chi connectivity index (χ0n) is 10.4. The van der Waals surface area contributed by atoms with Crippen molar-refractivity contribution in [1.82, 2.24) is 15.0 Å². The molecular formula is C13H13N5S. The van der Waals surface area contributed by atoms with Crippen molar-refractivity contribution < 1.29 is 0 Å². The molecule has 0 radical (unpaired) electrons. The van der Waals surface area contributed by atoms with Crippen molar-refractivity contribution in [1.29, 1.82) is 0 Å². The molecule has 0 atom stereocenters. The van der Waals surface area contributed by atoms with Gasteiger partial charge in [-0.1, -0.05) is 0 Å². The monoisotopic (exact) mass is 271 g/mol. The van der Waals surface area contributed by atoms with Crippen LogP contribution in [0, 0.1) is 0 Å². The number of nitrogen functional groups attached to an aromatic ring is 1. The number of aromatic nitrogens is 3. The van der Waals surface area contributed by atoms with E-state index >= 15 is 0 Å². The van der Waals surface area contributed by atoms with Gasteiger partial charge in [-0.2, -0.15) is 0 Å². The predicted octanol–water partition coefficient (Wildman–Crippen LogP) is 2.30. The van der Waals surface area contributed by atoms with Crippen LogP contribution in [0.25, 0.3) is 10.9 Å². The third kappa shape index (κ3) is 2.34. The van der Waals surface area contributed by atoms with Crippen molar-refractivity contribution >= 4 is 33.7 Å². The maximum absolute atomic E-state index is 5.84. The molecule has 2 aromatic heterocycles. The van der Waals surface area contributed by atoms with E-state index in [-0.39, 0.29) is 0 Å². The van der Waals surface area contributed by atoms with Gasteiger partial charge in [0.1, 0.15) is 12.1 Å². The molecule has 0 aliphatic carbocycles. The van der Waals surface area contributed by atoms with Gasteiger partial charge in [-0.05, 0) is 18.2 Å². The third-order valence-electron chi connectivity index (χ3n) is 2.88. The van der Waals surface area contributed by atoms with Gasteiger partial charge in [-0.25, -0.2) is 15.0 Å². The highest BCUT2D eigenvalue weighted by Crippen LogP contribution is 2.25. The SMILES string of the molecule is CN(Cc1cscn1)c1ncnc2ccc(N)cc12. The lowest BCUT2D eigenvalue weighted by Crippen LogP contribution is -2.18. The smallest absolute Gasteiger partial charge is 0.140 e. The first kappa shape index (κ1) is 11.9. The Kier molecular flexibility index (Phi) is 3.00. The van der Waals surface area contributed by atoms with Crippen molar-refractivity contribution in [2.24, 2.45) is 0 Å². The van der Waals surface area contributed by atoms with Crippen LogP contribution in [-0.2, 0) is 6.54 Å². The maximum atomic E-state index is 5.84. The molecule has 0 aliphatic heterocycles. The average molecular weight is 271 g/mol. The van der Waals surface area contributed by atoms with Crippen molar-refractivity contribution in [3.8, 4) is 0 Å². The molecule has 5 nitrogen and oxygen atoms in total. The summed E-state index contributed by atoms with van der Waals surface area (Å²) in [6, 6.07) is 5.66. The molecule has 0 saturated heterocycles. The Morgan fingerprint density at radius 3 is 2.95 bits per heavy atom. The highest BCUT2D eigenvalue weighted by atomic mass is 32.1. The second-order valence-electron chi connectivity index (χ2n) is 4.31. The Morgan fingerprint density at radius 1 is 1.26 bits per heavy atom. The Balaban J connectivity index is 2.01. The van der Waals surface area contributed by atoms with Crippen molar-refractivity contribution in [3.63, 3.8) is 0 Å². The van der Waals surface area contributed by atoms with Crippen molar-refractivity contribution in [2.45, 2.75) is 6.54 Å². The van der Waals surface area contributed by atoms with Gasteiger partial charge in [0.2, 0.25) is 0 Å². The first-order valence-electron chi connectivity index (χ1n) is 5.82. The summed E-state index contributed by atoms with van der Waals surface area (Å²) in [7, 11) is 1.99. The standard InChI is InChI=1S/C13H13N5S/c1-18(5-10-6-19-8-17-10)13-11-4-9(14)2-3-12(11)15-7-16-13/h2-4,6-8H,5,14H2,1H3. The second kappa shape index (κ2) is 4.81. The minimum absolute atomic E-state index is 0.713. The Bertz CT molecular complexity index is 695. The fraction of sp³-hybridized carbons (Fsp3) is 0.154. The van der Waals surface area contributed by atoms with Crippen LogP contribution in [0.1, 0.15) is 5.69 Å². The van der Waals surface area contributed by atoms with E-state index in [0.29, 0.717) is 12.2 Å². The number of hydrogen-bond donors (Lipinski definition) is 1. The van der Waals surface area contributed by atoms with E-state index in [2.05, 4.69) is 19.9 Å². The molecule has 96 valence electrons. The lowest BCUT2D eigenvalue weighted by atomic mass is 10.2. The molecule has 0 fully saturated rings. The van der Waals surface area contributed by atoms with Crippen molar-refractivity contribution in [3.05, 3.63) is 41.1 Å². The first-order valence-corrected chi connectivity index (χ1v) is 6.77. The van der Waals surface area contributed by atoms with E-state index in [1.807, 2.05) is 36.1 Å². The first-order chi connectivity index (χ1) is 9.24. The van der Waals surface area contributed by atoms with Gasteiger partial charge in [0.25, 0.3) is 0 Å². The summed E-state index contributed by atoms with van der Waals surface area (Å²) in [5.74, 6) is 0.866. The van der Waals surface area contributed by atoms with Crippen LogP contribution >= 0.6 is 11.3 Å². The van der Waals surface area contributed by atoms with E-state index in [9.17, 15) is 0 Å². The van der Waals surface area contributed by atoms with Crippen LogP contribution in [0.3, 0.4) is 0 Å². The highest BCUT2D eigenvalue weighted by molar-refractivity contribution is 7.07. The van der Waals surface area contributed by atoms with E-state index in [0.717, 1.165) is 22.4 Å². The van der Waals surface area contributed by atoms with Crippen molar-refractivity contribution in [2.75, 3.05) is 17.7 Å². The van der Waals surface area contributed by atoms with Gasteiger partial charge >= 0.3 is 0 Å². The summed E-state index contributed by atoms with van der Waals surface area (Å²) in [6.07, 6.45) is 1.57. The summed E-state index contributed by atoms with van der Waals surface area (Å²) in [5.41, 5.74) is 10.3. The summed E-state index contributed by atoms with van der Waals surface area (Å²) < 4.78 is 0. The molecule has 2 heterocycles. The minimum atomic E-state index is 0.713. The van der Waals surface area contributed by atoms with Gasteiger partial charge in [0, 0.05) is 23.5 Å². The van der Waals surface area contributed by atoms with Crippen LogP contribution in [0.15, 0.2) is 35.4 Å². The summed E-state index contributed by atoms with van der Waals surface area (Å²) in [5, 5.41) is 2.99. The van der Waals surface area contributed by atoms with E-state index in [4.69, 9.17) is 5.73 Å². The lowest BCUT2D eigenvalue weighted by Gasteiger charge is -2.18. The topological polar surface area (TPSA) is 67.9 Å². The Labute approximate surface area is 114 Å². The highest BCUT2D eigenvalue weighted by Gasteiger charge is 2.10. The molecule has 1 aromatic carbocycles. The number of thiazole rings is 1. The van der Waals surface area contributed by atoms with Gasteiger partial charge in [-0.3, -0.25) is 0 Å². The second-order valence-corrected chi connectivity index (χ2v) is 5.03. The van der Waals surface area contributed by atoms with E-state index in [1.54, 1.807) is 17.7 Å². The maximum Gasteiger partial charge on any atom is 0.140 e. The third-order valence-corrected chi connectivity index (χ3v) is 3.52. The molecule has 0 unspecified atom stereocenters. The van der Waals surface area contributed by atoms with Gasteiger partial charge in [0.15, 0.2) is 0 Å². The number of fused-ring (bicyclic) bond motifs is 1. The fourth-order valence-corrected chi connectivity index (χ4v) is 2.55. The number of hydrogen-bond acceptors (Lipinski definition) is 6. The van der Waals surface area contributed by atoms with E-state index < -0.39 is 0 Å². The van der Waals surface area contributed by atoms with Crippen LogP contribution in [-0.4, -0.2) is 22.0 Å².